The van der Waals surface area contributed by atoms with E-state index in [2.05, 4.69) is 29.4 Å². The number of carbonyl (C=O) groups is 1. The van der Waals surface area contributed by atoms with Crippen LogP contribution in [0.25, 0.3) is 0 Å². The molecule has 0 bridgehead atoms. The van der Waals surface area contributed by atoms with Gasteiger partial charge >= 0.3 is 0 Å². The highest BCUT2D eigenvalue weighted by Gasteiger charge is 2.10. The average molecular weight is 349 g/mol. The Morgan fingerprint density at radius 2 is 1.83 bits per heavy atom. The van der Waals surface area contributed by atoms with Gasteiger partial charge in [-0.1, -0.05) is 25.2 Å². The summed E-state index contributed by atoms with van der Waals surface area (Å²) in [5.41, 5.74) is 0.985. The van der Waals surface area contributed by atoms with E-state index in [9.17, 15) is 4.79 Å². The Labute approximate surface area is 146 Å². The third-order valence-electron chi connectivity index (χ3n) is 3.35. The number of aromatic nitrogens is 2. The number of aryl methyl sites for hydroxylation is 1. The highest BCUT2D eigenvalue weighted by Crippen LogP contribution is 2.23. The topological polar surface area (TPSA) is 73.3 Å². The van der Waals surface area contributed by atoms with Crippen LogP contribution in [0, 0.1) is 5.92 Å². The second-order valence-corrected chi connectivity index (χ2v) is 6.93. The molecule has 130 valence electrons. The van der Waals surface area contributed by atoms with E-state index in [-0.39, 0.29) is 5.91 Å². The molecule has 2 rings (SSSR count). The van der Waals surface area contributed by atoms with Gasteiger partial charge in [-0.05, 0) is 30.0 Å². The van der Waals surface area contributed by atoms with Gasteiger partial charge in [0.05, 0.1) is 14.2 Å². The van der Waals surface area contributed by atoms with Crippen molar-refractivity contribution in [1.29, 1.82) is 0 Å². The van der Waals surface area contributed by atoms with Crippen molar-refractivity contribution in [3.8, 4) is 11.5 Å². The molecule has 0 saturated heterocycles. The smallest absolute Gasteiger partial charge is 0.226 e. The number of hydrogen-bond donors (Lipinski definition) is 1. The number of carbonyl (C=O) groups excluding carboxylic acids is 1. The first-order valence-electron chi connectivity index (χ1n) is 7.84. The van der Waals surface area contributed by atoms with Crippen molar-refractivity contribution < 1.29 is 14.3 Å². The van der Waals surface area contributed by atoms with Gasteiger partial charge in [0.25, 0.3) is 0 Å². The highest BCUT2D eigenvalue weighted by molar-refractivity contribution is 7.15. The summed E-state index contributed by atoms with van der Waals surface area (Å²) in [6.07, 6.45) is 1.82. The van der Waals surface area contributed by atoms with Crippen LogP contribution in [0.2, 0.25) is 0 Å². The number of hydrogen-bond acceptors (Lipinski definition) is 6. The predicted octanol–water partition coefficient (Wildman–Crippen LogP) is 3.33. The summed E-state index contributed by atoms with van der Waals surface area (Å²) in [5.74, 6) is 1.87. The maximum absolute atomic E-state index is 12.1. The molecular formula is C17H23N3O3S. The summed E-state index contributed by atoms with van der Waals surface area (Å²) in [6.45, 7) is 4.25. The van der Waals surface area contributed by atoms with E-state index in [1.54, 1.807) is 20.3 Å². The Hall–Kier alpha value is -2.15. The number of ether oxygens (including phenoxy) is 2. The standard InChI is InChI=1S/C17H23N3O3S/c1-11(2)7-16-19-20-17(24-16)18-15(21)6-5-12-8-13(22-3)10-14(9-12)23-4/h8-11H,5-7H2,1-4H3,(H,18,20,21). The van der Waals surface area contributed by atoms with E-state index in [1.807, 2.05) is 12.1 Å². The third-order valence-corrected chi connectivity index (χ3v) is 4.21. The number of rotatable bonds is 8. The van der Waals surface area contributed by atoms with E-state index >= 15 is 0 Å². The second-order valence-electron chi connectivity index (χ2n) is 5.87. The van der Waals surface area contributed by atoms with Crippen molar-refractivity contribution in [2.75, 3.05) is 19.5 Å². The van der Waals surface area contributed by atoms with Gasteiger partial charge in [-0.3, -0.25) is 4.79 Å². The van der Waals surface area contributed by atoms with Crippen molar-refractivity contribution in [3.05, 3.63) is 28.8 Å². The third kappa shape index (κ3) is 5.49. The lowest BCUT2D eigenvalue weighted by Gasteiger charge is -2.08. The normalized spacial score (nSPS) is 10.7. The van der Waals surface area contributed by atoms with E-state index < -0.39 is 0 Å². The van der Waals surface area contributed by atoms with E-state index in [0.29, 0.717) is 35.4 Å². The van der Waals surface area contributed by atoms with Crippen LogP contribution in [0.15, 0.2) is 18.2 Å². The fraction of sp³-hybridized carbons (Fsp3) is 0.471. The van der Waals surface area contributed by atoms with E-state index in [0.717, 1.165) is 17.0 Å². The van der Waals surface area contributed by atoms with Crippen LogP contribution in [0.1, 0.15) is 30.8 Å². The summed E-state index contributed by atoms with van der Waals surface area (Å²) in [7, 11) is 3.21. The second kappa shape index (κ2) is 8.63. The molecule has 0 radical (unpaired) electrons. The minimum atomic E-state index is -0.0796. The molecule has 2 aromatic rings. The number of nitrogens with zero attached hydrogens (tertiary/aromatic N) is 2. The van der Waals surface area contributed by atoms with E-state index in [1.165, 1.54) is 11.3 Å². The first-order valence-corrected chi connectivity index (χ1v) is 8.66. The maximum Gasteiger partial charge on any atom is 0.226 e. The molecule has 0 aliphatic rings. The molecule has 24 heavy (non-hydrogen) atoms. The number of anilines is 1. The molecule has 1 heterocycles. The molecule has 1 aromatic heterocycles. The van der Waals surface area contributed by atoms with Gasteiger partial charge in [-0.25, -0.2) is 0 Å². The fourth-order valence-electron chi connectivity index (χ4n) is 2.19. The largest absolute Gasteiger partial charge is 0.497 e. The summed E-state index contributed by atoms with van der Waals surface area (Å²) < 4.78 is 10.5. The molecule has 0 atom stereocenters. The van der Waals surface area contributed by atoms with Gasteiger partial charge in [-0.15, -0.1) is 10.2 Å². The molecular weight excluding hydrogens is 326 g/mol. The van der Waals surface area contributed by atoms with Crippen LogP contribution in [0.5, 0.6) is 11.5 Å². The van der Waals surface area contributed by atoms with Gasteiger partial charge in [0.2, 0.25) is 11.0 Å². The summed E-state index contributed by atoms with van der Waals surface area (Å²) in [6, 6.07) is 5.62. The lowest BCUT2D eigenvalue weighted by molar-refractivity contribution is -0.116. The van der Waals surface area contributed by atoms with Crippen LogP contribution in [0.4, 0.5) is 5.13 Å². The molecule has 7 heteroatoms. The van der Waals surface area contributed by atoms with E-state index in [4.69, 9.17) is 9.47 Å². The van der Waals surface area contributed by atoms with Crippen LogP contribution in [0.3, 0.4) is 0 Å². The van der Waals surface area contributed by atoms with Crippen molar-refractivity contribution in [2.45, 2.75) is 33.1 Å². The first-order chi connectivity index (χ1) is 11.5. The Kier molecular flexibility index (Phi) is 6.54. The zero-order valence-corrected chi connectivity index (χ0v) is 15.3. The zero-order valence-electron chi connectivity index (χ0n) is 14.5. The van der Waals surface area contributed by atoms with Crippen molar-refractivity contribution in [1.82, 2.24) is 10.2 Å². The molecule has 0 aliphatic carbocycles. The fourth-order valence-corrected chi connectivity index (χ4v) is 3.15. The Morgan fingerprint density at radius 1 is 1.17 bits per heavy atom. The molecule has 0 aliphatic heterocycles. The lowest BCUT2D eigenvalue weighted by Crippen LogP contribution is -2.12. The van der Waals surface area contributed by atoms with Gasteiger partial charge in [-0.2, -0.15) is 0 Å². The van der Waals surface area contributed by atoms with Crippen molar-refractivity contribution >= 4 is 22.4 Å². The maximum atomic E-state index is 12.1. The highest BCUT2D eigenvalue weighted by atomic mass is 32.1. The molecule has 0 saturated carbocycles. The monoisotopic (exact) mass is 349 g/mol. The number of amides is 1. The van der Waals surface area contributed by atoms with Gasteiger partial charge in [0.1, 0.15) is 16.5 Å². The molecule has 1 amide bonds. The quantitative estimate of drug-likeness (QED) is 0.791. The molecule has 0 fully saturated rings. The van der Waals surface area contributed by atoms with Crippen molar-refractivity contribution in [3.63, 3.8) is 0 Å². The number of nitrogens with one attached hydrogen (secondary N) is 1. The first kappa shape index (κ1) is 18.2. The zero-order chi connectivity index (χ0) is 17.5. The Morgan fingerprint density at radius 3 is 2.42 bits per heavy atom. The summed E-state index contributed by atoms with van der Waals surface area (Å²) >= 11 is 1.43. The molecule has 0 unspecified atom stereocenters. The van der Waals surface area contributed by atoms with Gasteiger partial charge < -0.3 is 14.8 Å². The summed E-state index contributed by atoms with van der Waals surface area (Å²) in [4.78, 5) is 12.1. The number of methoxy groups -OCH3 is 2. The van der Waals surface area contributed by atoms with Crippen LogP contribution in [-0.4, -0.2) is 30.3 Å². The predicted molar refractivity (Wildman–Crippen MR) is 94.9 cm³/mol. The lowest BCUT2D eigenvalue weighted by atomic mass is 10.1. The van der Waals surface area contributed by atoms with Gasteiger partial charge in [0.15, 0.2) is 0 Å². The SMILES string of the molecule is COc1cc(CCC(=O)Nc2nnc(CC(C)C)s2)cc(OC)c1. The average Bonchev–Trinajstić information content (AvgIpc) is 2.98. The van der Waals surface area contributed by atoms with Crippen molar-refractivity contribution in [2.24, 2.45) is 5.92 Å². The number of benzene rings is 1. The molecule has 6 nitrogen and oxygen atoms in total. The van der Waals surface area contributed by atoms with Gasteiger partial charge in [0, 0.05) is 18.9 Å². The van der Waals surface area contributed by atoms with Crippen LogP contribution in [-0.2, 0) is 17.6 Å². The Balaban J connectivity index is 1.90. The Bertz CT molecular complexity index is 663. The minimum absolute atomic E-state index is 0.0796. The molecule has 1 aromatic carbocycles. The van der Waals surface area contributed by atoms with Crippen LogP contribution >= 0.6 is 11.3 Å². The summed E-state index contributed by atoms with van der Waals surface area (Å²) in [5, 5.41) is 12.4. The molecule has 1 N–H and O–H groups in total. The minimum Gasteiger partial charge on any atom is -0.497 e. The molecule has 0 spiro atoms. The van der Waals surface area contributed by atoms with Crippen LogP contribution < -0.4 is 14.8 Å².